The summed E-state index contributed by atoms with van der Waals surface area (Å²) in [6, 6.07) is 6.95. The summed E-state index contributed by atoms with van der Waals surface area (Å²) in [7, 11) is 1.57. The molecule has 0 atom stereocenters. The van der Waals surface area contributed by atoms with Crippen molar-refractivity contribution >= 4 is 11.5 Å². The zero-order chi connectivity index (χ0) is 12.8. The van der Waals surface area contributed by atoms with Crippen molar-refractivity contribution in [2.75, 3.05) is 20.2 Å². The number of ether oxygens (including phenoxy) is 2. The molecule has 0 saturated carbocycles. The minimum absolute atomic E-state index is 0.0245. The minimum Gasteiger partial charge on any atom is -0.507 e. The van der Waals surface area contributed by atoms with Crippen LogP contribution in [0, 0.1) is 0 Å². The largest absolute Gasteiger partial charge is 0.507 e. The number of methoxy groups -OCH3 is 1. The lowest BCUT2D eigenvalue weighted by Crippen LogP contribution is -2.60. The molecule has 5 heteroatoms. The van der Waals surface area contributed by atoms with Crippen molar-refractivity contribution in [3.8, 4) is 5.75 Å². The van der Waals surface area contributed by atoms with E-state index in [-0.39, 0.29) is 11.3 Å². The molecule has 1 aromatic rings. The van der Waals surface area contributed by atoms with Gasteiger partial charge < -0.3 is 19.9 Å². The summed E-state index contributed by atoms with van der Waals surface area (Å²) < 4.78 is 10.3. The number of aliphatic hydroxyl groups is 1. The van der Waals surface area contributed by atoms with Gasteiger partial charge in [0.15, 0.2) is 11.4 Å². The predicted molar refractivity (Wildman–Crippen MR) is 64.2 cm³/mol. The van der Waals surface area contributed by atoms with E-state index in [1.54, 1.807) is 31.4 Å². The van der Waals surface area contributed by atoms with Crippen LogP contribution in [0.3, 0.4) is 0 Å². The van der Waals surface area contributed by atoms with Gasteiger partial charge in [0.1, 0.15) is 11.3 Å². The second-order valence-electron chi connectivity index (χ2n) is 4.44. The van der Waals surface area contributed by atoms with Crippen LogP contribution in [0.5, 0.6) is 5.75 Å². The fourth-order valence-electron chi connectivity index (χ4n) is 2.21. The first-order valence-electron chi connectivity index (χ1n) is 5.68. The van der Waals surface area contributed by atoms with Gasteiger partial charge in [0.05, 0.1) is 7.11 Å². The van der Waals surface area contributed by atoms with E-state index in [1.165, 1.54) is 0 Å². The summed E-state index contributed by atoms with van der Waals surface area (Å²) in [6.45, 7) is 0.925. The van der Waals surface area contributed by atoms with Crippen molar-refractivity contribution in [1.29, 1.82) is 0 Å². The van der Waals surface area contributed by atoms with Crippen molar-refractivity contribution in [2.45, 2.75) is 5.60 Å². The summed E-state index contributed by atoms with van der Waals surface area (Å²) in [6.07, 6.45) is 0. The first kappa shape index (κ1) is 11.1. The molecule has 0 aliphatic carbocycles. The Morgan fingerprint density at radius 2 is 2.00 bits per heavy atom. The maximum absolute atomic E-state index is 11.8. The topological polar surface area (TPSA) is 67.8 Å². The molecule has 0 bridgehead atoms. The molecule has 5 nitrogen and oxygen atoms in total. The average molecular weight is 247 g/mol. The smallest absolute Gasteiger partial charge is 0.343 e. The lowest BCUT2D eigenvalue weighted by atomic mass is 9.92. The van der Waals surface area contributed by atoms with E-state index in [2.05, 4.69) is 5.32 Å². The van der Waals surface area contributed by atoms with Crippen LogP contribution < -0.4 is 10.1 Å². The third kappa shape index (κ3) is 1.41. The van der Waals surface area contributed by atoms with Gasteiger partial charge in [-0.25, -0.2) is 4.79 Å². The van der Waals surface area contributed by atoms with Crippen LogP contribution in [0.1, 0.15) is 5.56 Å². The molecule has 1 aromatic carbocycles. The zero-order valence-electron chi connectivity index (χ0n) is 9.90. The molecule has 2 N–H and O–H groups in total. The minimum atomic E-state index is -0.841. The molecule has 0 unspecified atom stereocenters. The highest BCUT2D eigenvalue weighted by Gasteiger charge is 2.52. The molecule has 18 heavy (non-hydrogen) atoms. The summed E-state index contributed by atoms with van der Waals surface area (Å²) >= 11 is 0. The van der Waals surface area contributed by atoms with Crippen molar-refractivity contribution < 1.29 is 19.4 Å². The van der Waals surface area contributed by atoms with E-state index in [9.17, 15) is 9.90 Å². The normalized spacial score (nSPS) is 20.8. The number of hydrogen-bond donors (Lipinski definition) is 2. The van der Waals surface area contributed by atoms with Crippen LogP contribution in [0.25, 0.3) is 5.57 Å². The maximum atomic E-state index is 11.8. The highest BCUT2D eigenvalue weighted by molar-refractivity contribution is 6.19. The monoisotopic (exact) mass is 247 g/mol. The number of benzene rings is 1. The Labute approximate surface area is 104 Å². The molecule has 94 valence electrons. The van der Waals surface area contributed by atoms with Gasteiger partial charge in [-0.1, -0.05) is 12.1 Å². The Balaban J connectivity index is 2.01. The molecule has 0 radical (unpaired) electrons. The van der Waals surface area contributed by atoms with E-state index in [0.717, 1.165) is 0 Å². The molecule has 0 aromatic heterocycles. The molecule has 1 fully saturated rings. The third-order valence-corrected chi connectivity index (χ3v) is 3.36. The van der Waals surface area contributed by atoms with E-state index >= 15 is 0 Å². The second kappa shape index (κ2) is 3.74. The molecular formula is C13H13NO4. The number of hydrogen-bond acceptors (Lipinski definition) is 5. The van der Waals surface area contributed by atoms with E-state index in [4.69, 9.17) is 9.47 Å². The van der Waals surface area contributed by atoms with Gasteiger partial charge in [0.25, 0.3) is 0 Å². The summed E-state index contributed by atoms with van der Waals surface area (Å²) in [5, 5.41) is 13.2. The number of esters is 1. The number of carbonyl (C=O) groups is 1. The van der Waals surface area contributed by atoms with Gasteiger partial charge in [-0.15, -0.1) is 0 Å². The third-order valence-electron chi connectivity index (χ3n) is 3.36. The molecule has 2 aliphatic heterocycles. The van der Waals surface area contributed by atoms with Crippen molar-refractivity contribution in [2.24, 2.45) is 0 Å². The quantitative estimate of drug-likeness (QED) is 0.759. The van der Waals surface area contributed by atoms with Crippen molar-refractivity contribution in [3.05, 3.63) is 35.6 Å². The van der Waals surface area contributed by atoms with Crippen LogP contribution in [-0.2, 0) is 9.53 Å². The molecule has 1 spiro atoms. The first-order chi connectivity index (χ1) is 8.66. The Morgan fingerprint density at radius 3 is 2.44 bits per heavy atom. The van der Waals surface area contributed by atoms with Crippen LogP contribution in [0.2, 0.25) is 0 Å². The van der Waals surface area contributed by atoms with E-state index in [0.29, 0.717) is 24.4 Å². The molecule has 2 aliphatic rings. The summed E-state index contributed by atoms with van der Waals surface area (Å²) in [4.78, 5) is 11.8. The van der Waals surface area contributed by atoms with Crippen LogP contribution in [0.15, 0.2) is 30.0 Å². The van der Waals surface area contributed by atoms with Crippen molar-refractivity contribution in [1.82, 2.24) is 5.32 Å². The molecule has 2 heterocycles. The zero-order valence-corrected chi connectivity index (χ0v) is 9.90. The van der Waals surface area contributed by atoms with Gasteiger partial charge in [-0.2, -0.15) is 0 Å². The van der Waals surface area contributed by atoms with E-state index in [1.807, 2.05) is 0 Å². The summed E-state index contributed by atoms with van der Waals surface area (Å²) in [5.74, 6) is 0.251. The molecule has 1 saturated heterocycles. The maximum Gasteiger partial charge on any atom is 0.343 e. The number of nitrogens with one attached hydrogen (secondary N) is 1. The highest BCUT2D eigenvalue weighted by atomic mass is 16.6. The summed E-state index contributed by atoms with van der Waals surface area (Å²) in [5.41, 5.74) is 0.0491. The average Bonchev–Trinajstić information content (AvgIpc) is 2.61. The molecule has 0 amide bonds. The lowest BCUT2D eigenvalue weighted by molar-refractivity contribution is -0.150. The number of aliphatic hydroxyl groups excluding tert-OH is 1. The number of rotatable bonds is 2. The van der Waals surface area contributed by atoms with E-state index < -0.39 is 11.6 Å². The predicted octanol–water partition coefficient (Wildman–Crippen LogP) is 0.863. The Kier molecular flexibility index (Phi) is 2.31. The Hall–Kier alpha value is -2.01. The fourth-order valence-corrected chi connectivity index (χ4v) is 2.21. The SMILES string of the molecule is COc1ccc(C2=C(O)C3(CNC3)OC2=O)cc1. The lowest BCUT2D eigenvalue weighted by Gasteiger charge is -2.36. The van der Waals surface area contributed by atoms with Crippen LogP contribution in [0.4, 0.5) is 0 Å². The standard InChI is InChI=1S/C13H13NO4/c1-17-9-4-2-8(3-5-9)10-11(15)13(6-14-7-13)18-12(10)16/h2-5,14-15H,6-7H2,1H3. The first-order valence-corrected chi connectivity index (χ1v) is 5.68. The highest BCUT2D eigenvalue weighted by Crippen LogP contribution is 2.38. The molecular weight excluding hydrogens is 234 g/mol. The van der Waals surface area contributed by atoms with Crippen LogP contribution in [-0.4, -0.2) is 36.9 Å². The fraction of sp³-hybridized carbons (Fsp3) is 0.308. The van der Waals surface area contributed by atoms with Gasteiger partial charge in [-0.3, -0.25) is 0 Å². The Morgan fingerprint density at radius 1 is 1.33 bits per heavy atom. The van der Waals surface area contributed by atoms with Gasteiger partial charge in [-0.05, 0) is 17.7 Å². The number of carbonyl (C=O) groups excluding carboxylic acids is 1. The van der Waals surface area contributed by atoms with Gasteiger partial charge >= 0.3 is 5.97 Å². The Bertz CT molecular complexity index is 528. The van der Waals surface area contributed by atoms with Gasteiger partial charge in [0, 0.05) is 13.1 Å². The van der Waals surface area contributed by atoms with Crippen LogP contribution >= 0.6 is 0 Å². The second-order valence-corrected chi connectivity index (χ2v) is 4.44. The van der Waals surface area contributed by atoms with Crippen molar-refractivity contribution in [3.63, 3.8) is 0 Å². The van der Waals surface area contributed by atoms with Gasteiger partial charge in [0.2, 0.25) is 0 Å². The molecule has 3 rings (SSSR count).